The molecule has 1 amide bonds. The summed E-state index contributed by atoms with van der Waals surface area (Å²) in [6, 6.07) is 11.1. The number of hydrogen-bond donors (Lipinski definition) is 1. The summed E-state index contributed by atoms with van der Waals surface area (Å²) in [7, 11) is 0. The third kappa shape index (κ3) is 3.54. The molecule has 2 heterocycles. The first-order chi connectivity index (χ1) is 13.0. The van der Waals surface area contributed by atoms with Crippen LogP contribution in [0, 0.1) is 10.1 Å². The summed E-state index contributed by atoms with van der Waals surface area (Å²) in [6.45, 7) is 0.939. The monoisotopic (exact) mass is 400 g/mol. The number of nitrogens with one attached hydrogen (secondary N) is 1. The minimum absolute atomic E-state index is 0.0497. The van der Waals surface area contributed by atoms with Gasteiger partial charge in [0.25, 0.3) is 11.6 Å². The quantitative estimate of drug-likeness (QED) is 0.515. The Balaban J connectivity index is 1.59. The molecule has 1 N–H and O–H groups in total. The first kappa shape index (κ1) is 17.6. The summed E-state index contributed by atoms with van der Waals surface area (Å²) in [5.41, 5.74) is 2.12. The summed E-state index contributed by atoms with van der Waals surface area (Å²) in [4.78, 5) is 27.5. The fourth-order valence-corrected chi connectivity index (χ4v) is 3.95. The summed E-state index contributed by atoms with van der Waals surface area (Å²) in [5.74, 6) is 0.520. The van der Waals surface area contributed by atoms with Gasteiger partial charge in [0.15, 0.2) is 5.16 Å². The maximum absolute atomic E-state index is 12.5. The average molecular weight is 401 g/mol. The molecule has 0 aliphatic carbocycles. The Labute approximate surface area is 163 Å². The van der Waals surface area contributed by atoms with Crippen LogP contribution in [0.5, 0.6) is 0 Å². The van der Waals surface area contributed by atoms with Gasteiger partial charge in [-0.3, -0.25) is 14.9 Å². The van der Waals surface area contributed by atoms with Crippen LogP contribution < -0.4 is 5.32 Å². The minimum Gasteiger partial charge on any atom is -0.325 e. The van der Waals surface area contributed by atoms with Crippen molar-refractivity contribution in [1.82, 2.24) is 9.55 Å². The predicted molar refractivity (Wildman–Crippen MR) is 104 cm³/mol. The van der Waals surface area contributed by atoms with E-state index < -0.39 is 10.8 Å². The molecule has 9 heteroatoms. The Bertz CT molecular complexity index is 1050. The van der Waals surface area contributed by atoms with Gasteiger partial charge in [0.2, 0.25) is 0 Å². The Morgan fingerprint density at radius 2 is 2.15 bits per heavy atom. The number of anilines is 1. The van der Waals surface area contributed by atoms with Gasteiger partial charge in [-0.25, -0.2) is 4.98 Å². The van der Waals surface area contributed by atoms with E-state index in [-0.39, 0.29) is 16.3 Å². The summed E-state index contributed by atoms with van der Waals surface area (Å²) >= 11 is 7.75. The number of non-ortho nitro benzene ring substituents is 1. The minimum atomic E-state index is -0.566. The Kier molecular flexibility index (Phi) is 4.59. The largest absolute Gasteiger partial charge is 0.325 e. The van der Waals surface area contributed by atoms with Crippen LogP contribution in [0.15, 0.2) is 53.8 Å². The molecule has 136 valence electrons. The van der Waals surface area contributed by atoms with Crippen LogP contribution in [0.2, 0.25) is 5.02 Å². The van der Waals surface area contributed by atoms with Crippen molar-refractivity contribution in [1.29, 1.82) is 0 Å². The number of aromatic nitrogens is 2. The molecule has 0 saturated heterocycles. The number of fused-ring (bicyclic) bond motifs is 1. The van der Waals surface area contributed by atoms with Gasteiger partial charge in [-0.2, -0.15) is 0 Å². The number of aryl methyl sites for hydroxylation is 1. The number of carbonyl (C=O) groups is 1. The van der Waals surface area contributed by atoms with Crippen molar-refractivity contribution < 1.29 is 9.72 Å². The zero-order chi connectivity index (χ0) is 19.0. The van der Waals surface area contributed by atoms with Crippen LogP contribution in [0.4, 0.5) is 11.4 Å². The Morgan fingerprint density at radius 1 is 1.30 bits per heavy atom. The lowest BCUT2D eigenvalue weighted by molar-refractivity contribution is -0.384. The molecule has 1 aromatic heterocycles. The van der Waals surface area contributed by atoms with Gasteiger partial charge >= 0.3 is 0 Å². The molecular weight excluding hydrogens is 388 g/mol. The lowest BCUT2D eigenvalue weighted by Gasteiger charge is -2.08. The first-order valence-electron chi connectivity index (χ1n) is 8.07. The Morgan fingerprint density at radius 3 is 2.93 bits per heavy atom. The molecule has 0 saturated carbocycles. The number of thioether (sulfide) groups is 1. The van der Waals surface area contributed by atoms with Crippen LogP contribution in [0.1, 0.15) is 10.4 Å². The van der Waals surface area contributed by atoms with Gasteiger partial charge in [-0.1, -0.05) is 35.5 Å². The van der Waals surface area contributed by atoms with Gasteiger partial charge in [-0.15, -0.1) is 0 Å². The number of nitrogens with zero attached hydrogens (tertiary/aromatic N) is 3. The van der Waals surface area contributed by atoms with Gasteiger partial charge in [0.05, 0.1) is 21.2 Å². The number of rotatable bonds is 4. The summed E-state index contributed by atoms with van der Waals surface area (Å²) in [5, 5.41) is 14.8. The molecule has 27 heavy (non-hydrogen) atoms. The number of amides is 1. The van der Waals surface area contributed by atoms with Crippen molar-refractivity contribution in [3.8, 4) is 11.3 Å². The molecule has 0 fully saturated rings. The van der Waals surface area contributed by atoms with Crippen molar-refractivity contribution in [3.63, 3.8) is 0 Å². The zero-order valence-electron chi connectivity index (χ0n) is 13.9. The Hall–Kier alpha value is -2.84. The van der Waals surface area contributed by atoms with Crippen molar-refractivity contribution in [2.75, 3.05) is 11.1 Å². The molecule has 0 radical (unpaired) electrons. The van der Waals surface area contributed by atoms with Crippen molar-refractivity contribution in [3.05, 3.63) is 69.4 Å². The molecule has 7 nitrogen and oxygen atoms in total. The normalized spacial score (nSPS) is 12.6. The molecular formula is C18H13ClN4O3S. The number of carbonyl (C=O) groups excluding carboxylic acids is 1. The molecule has 0 spiro atoms. The smallest absolute Gasteiger partial charge is 0.270 e. The van der Waals surface area contributed by atoms with E-state index in [2.05, 4.69) is 14.9 Å². The predicted octanol–water partition coefficient (Wildman–Crippen LogP) is 4.47. The second kappa shape index (κ2) is 7.05. The number of benzene rings is 2. The fourth-order valence-electron chi connectivity index (χ4n) is 2.80. The van der Waals surface area contributed by atoms with Gasteiger partial charge in [0.1, 0.15) is 0 Å². The average Bonchev–Trinajstić information content (AvgIpc) is 3.24. The second-order valence-corrected chi connectivity index (χ2v) is 7.38. The van der Waals surface area contributed by atoms with E-state index in [4.69, 9.17) is 11.6 Å². The SMILES string of the molecule is O=C(Nc1cccc(-c2cn3c(n2)SCC3)c1)c1cc([N+](=O)[O-])ccc1Cl. The summed E-state index contributed by atoms with van der Waals surface area (Å²) in [6.07, 6.45) is 1.99. The lowest BCUT2D eigenvalue weighted by atomic mass is 10.1. The van der Waals surface area contributed by atoms with Crippen LogP contribution in [-0.2, 0) is 6.54 Å². The fraction of sp³-hybridized carbons (Fsp3) is 0.111. The highest BCUT2D eigenvalue weighted by Gasteiger charge is 2.18. The molecule has 2 aromatic carbocycles. The number of hydrogen-bond acceptors (Lipinski definition) is 5. The van der Waals surface area contributed by atoms with E-state index in [9.17, 15) is 14.9 Å². The number of nitro benzene ring substituents is 1. The van der Waals surface area contributed by atoms with E-state index >= 15 is 0 Å². The van der Waals surface area contributed by atoms with E-state index in [1.807, 2.05) is 24.4 Å². The maximum atomic E-state index is 12.5. The van der Waals surface area contributed by atoms with E-state index in [0.29, 0.717) is 5.69 Å². The molecule has 1 aliphatic heterocycles. The first-order valence-corrected chi connectivity index (χ1v) is 9.43. The van der Waals surface area contributed by atoms with E-state index in [1.54, 1.807) is 17.8 Å². The van der Waals surface area contributed by atoms with Gasteiger partial charge < -0.3 is 9.88 Å². The topological polar surface area (TPSA) is 90.1 Å². The zero-order valence-corrected chi connectivity index (χ0v) is 15.5. The van der Waals surface area contributed by atoms with Crippen LogP contribution in [0.25, 0.3) is 11.3 Å². The van der Waals surface area contributed by atoms with Gasteiger partial charge in [-0.05, 0) is 18.2 Å². The van der Waals surface area contributed by atoms with Crippen molar-refractivity contribution in [2.24, 2.45) is 0 Å². The molecule has 0 unspecified atom stereocenters. The highest BCUT2D eigenvalue weighted by Crippen LogP contribution is 2.30. The van der Waals surface area contributed by atoms with Crippen LogP contribution >= 0.6 is 23.4 Å². The van der Waals surface area contributed by atoms with Crippen molar-refractivity contribution in [2.45, 2.75) is 11.7 Å². The number of nitro groups is 1. The van der Waals surface area contributed by atoms with E-state index in [0.717, 1.165) is 28.7 Å². The molecule has 3 aromatic rings. The summed E-state index contributed by atoms with van der Waals surface area (Å²) < 4.78 is 2.11. The maximum Gasteiger partial charge on any atom is 0.270 e. The van der Waals surface area contributed by atoms with E-state index in [1.165, 1.54) is 18.2 Å². The highest BCUT2D eigenvalue weighted by atomic mass is 35.5. The van der Waals surface area contributed by atoms with Crippen molar-refractivity contribution >= 4 is 40.6 Å². The molecule has 0 atom stereocenters. The molecule has 4 rings (SSSR count). The molecule has 0 bridgehead atoms. The van der Waals surface area contributed by atoms with Crippen LogP contribution in [0.3, 0.4) is 0 Å². The number of imidazole rings is 1. The second-order valence-electron chi connectivity index (χ2n) is 5.91. The number of halogens is 1. The standard InChI is InChI=1S/C18H13ClN4O3S/c19-15-5-4-13(23(25)26)9-14(15)17(24)20-12-3-1-2-11(8-12)16-10-22-6-7-27-18(22)21-16/h1-5,8-10H,6-7H2,(H,20,24). The van der Waals surface area contributed by atoms with Crippen LogP contribution in [-0.4, -0.2) is 26.1 Å². The third-order valence-electron chi connectivity index (χ3n) is 4.12. The lowest BCUT2D eigenvalue weighted by Crippen LogP contribution is -2.12. The third-order valence-corrected chi connectivity index (χ3v) is 5.43. The highest BCUT2D eigenvalue weighted by molar-refractivity contribution is 7.99. The molecule has 1 aliphatic rings. The van der Waals surface area contributed by atoms with Gasteiger partial charge in [0, 0.05) is 41.9 Å².